The highest BCUT2D eigenvalue weighted by Gasteiger charge is 2.26. The SMILES string of the molecule is CN1C(=O)CCc2cc(C(O)C3CCOCC3)ccc21. The number of fused-ring (bicyclic) bond motifs is 1. The third-order valence-corrected chi connectivity index (χ3v) is 4.50. The fraction of sp³-hybridized carbons (Fsp3) is 0.562. The Morgan fingerprint density at radius 3 is 2.80 bits per heavy atom. The van der Waals surface area contributed by atoms with E-state index in [2.05, 4.69) is 6.07 Å². The molecule has 3 rings (SSSR count). The van der Waals surface area contributed by atoms with Gasteiger partial charge in [0.25, 0.3) is 0 Å². The van der Waals surface area contributed by atoms with Gasteiger partial charge in [0.2, 0.25) is 5.91 Å². The Bertz CT molecular complexity index is 508. The van der Waals surface area contributed by atoms with Crippen molar-refractivity contribution in [2.45, 2.75) is 31.8 Å². The minimum absolute atomic E-state index is 0.162. The predicted octanol–water partition coefficient (Wildman–Crippen LogP) is 2.06. The number of hydrogen-bond donors (Lipinski definition) is 1. The van der Waals surface area contributed by atoms with Crippen LogP contribution in [0, 0.1) is 5.92 Å². The molecule has 1 N–H and O–H groups in total. The Balaban J connectivity index is 1.83. The molecule has 0 saturated carbocycles. The molecule has 1 fully saturated rings. The van der Waals surface area contributed by atoms with Crippen LogP contribution in [0.4, 0.5) is 5.69 Å². The van der Waals surface area contributed by atoms with Crippen LogP contribution in [0.25, 0.3) is 0 Å². The number of hydrogen-bond acceptors (Lipinski definition) is 3. The van der Waals surface area contributed by atoms with Crippen molar-refractivity contribution in [3.8, 4) is 0 Å². The van der Waals surface area contributed by atoms with E-state index in [-0.39, 0.29) is 11.8 Å². The van der Waals surface area contributed by atoms with Crippen LogP contribution in [0.15, 0.2) is 18.2 Å². The molecule has 1 unspecified atom stereocenters. The molecule has 20 heavy (non-hydrogen) atoms. The lowest BCUT2D eigenvalue weighted by molar-refractivity contribution is -0.118. The van der Waals surface area contributed by atoms with Gasteiger partial charge in [0, 0.05) is 32.4 Å². The topological polar surface area (TPSA) is 49.8 Å². The largest absolute Gasteiger partial charge is 0.388 e. The van der Waals surface area contributed by atoms with Crippen LogP contribution in [0.1, 0.15) is 36.5 Å². The normalized spacial score (nSPS) is 21.7. The maximum Gasteiger partial charge on any atom is 0.227 e. The number of ether oxygens (including phenoxy) is 1. The second-order valence-electron chi connectivity index (χ2n) is 5.74. The number of benzene rings is 1. The van der Waals surface area contributed by atoms with Crippen molar-refractivity contribution in [1.29, 1.82) is 0 Å². The first-order chi connectivity index (χ1) is 9.66. The van der Waals surface area contributed by atoms with Crippen LogP contribution >= 0.6 is 0 Å². The lowest BCUT2D eigenvalue weighted by Crippen LogP contribution is -2.31. The monoisotopic (exact) mass is 275 g/mol. The number of nitrogens with zero attached hydrogens (tertiary/aromatic N) is 1. The molecule has 1 amide bonds. The number of carbonyl (C=O) groups excluding carboxylic acids is 1. The minimum atomic E-state index is -0.424. The molecule has 0 spiro atoms. The molecule has 2 heterocycles. The zero-order valence-corrected chi connectivity index (χ0v) is 11.8. The lowest BCUT2D eigenvalue weighted by atomic mass is 9.87. The Morgan fingerprint density at radius 2 is 2.05 bits per heavy atom. The maximum absolute atomic E-state index is 11.7. The molecule has 108 valence electrons. The van der Waals surface area contributed by atoms with E-state index < -0.39 is 6.10 Å². The van der Waals surface area contributed by atoms with Crippen molar-refractivity contribution in [3.05, 3.63) is 29.3 Å². The van der Waals surface area contributed by atoms with Crippen molar-refractivity contribution >= 4 is 11.6 Å². The molecule has 1 atom stereocenters. The van der Waals surface area contributed by atoms with Crippen LogP contribution in [0.3, 0.4) is 0 Å². The summed E-state index contributed by atoms with van der Waals surface area (Å²) >= 11 is 0. The van der Waals surface area contributed by atoms with E-state index in [0.29, 0.717) is 6.42 Å². The molecule has 2 aliphatic rings. The Kier molecular flexibility index (Phi) is 3.76. The smallest absolute Gasteiger partial charge is 0.227 e. The van der Waals surface area contributed by atoms with E-state index >= 15 is 0 Å². The summed E-state index contributed by atoms with van der Waals surface area (Å²) in [5, 5.41) is 10.5. The molecule has 2 aliphatic heterocycles. The molecular weight excluding hydrogens is 254 g/mol. The highest BCUT2D eigenvalue weighted by atomic mass is 16.5. The van der Waals surface area contributed by atoms with Gasteiger partial charge in [-0.2, -0.15) is 0 Å². The number of amides is 1. The highest BCUT2D eigenvalue weighted by molar-refractivity contribution is 5.95. The molecule has 0 bridgehead atoms. The molecule has 1 aromatic carbocycles. The van der Waals surface area contributed by atoms with E-state index in [4.69, 9.17) is 4.74 Å². The van der Waals surface area contributed by atoms with E-state index in [1.807, 2.05) is 19.2 Å². The molecule has 4 heteroatoms. The van der Waals surface area contributed by atoms with Crippen LogP contribution in [0.2, 0.25) is 0 Å². The van der Waals surface area contributed by atoms with Gasteiger partial charge in [-0.05, 0) is 42.4 Å². The zero-order valence-electron chi connectivity index (χ0n) is 11.8. The van der Waals surface area contributed by atoms with Crippen molar-refractivity contribution in [3.63, 3.8) is 0 Å². The first-order valence-electron chi connectivity index (χ1n) is 7.32. The van der Waals surface area contributed by atoms with Gasteiger partial charge < -0.3 is 14.7 Å². The quantitative estimate of drug-likeness (QED) is 0.898. The summed E-state index contributed by atoms with van der Waals surface area (Å²) < 4.78 is 5.35. The summed E-state index contributed by atoms with van der Waals surface area (Å²) in [6, 6.07) is 5.98. The molecule has 0 radical (unpaired) electrons. The first kappa shape index (κ1) is 13.6. The average Bonchev–Trinajstić information content (AvgIpc) is 2.51. The fourth-order valence-electron chi connectivity index (χ4n) is 3.16. The van der Waals surface area contributed by atoms with Gasteiger partial charge >= 0.3 is 0 Å². The van der Waals surface area contributed by atoms with Crippen molar-refractivity contribution < 1.29 is 14.6 Å². The van der Waals surface area contributed by atoms with Crippen molar-refractivity contribution in [2.75, 3.05) is 25.2 Å². The number of aliphatic hydroxyl groups excluding tert-OH is 1. The Hall–Kier alpha value is -1.39. The second kappa shape index (κ2) is 5.54. The predicted molar refractivity (Wildman–Crippen MR) is 76.7 cm³/mol. The van der Waals surface area contributed by atoms with Gasteiger partial charge in [0.1, 0.15) is 0 Å². The summed E-state index contributed by atoms with van der Waals surface area (Å²) in [6.45, 7) is 1.48. The molecule has 1 aromatic rings. The zero-order chi connectivity index (χ0) is 14.1. The standard InChI is InChI=1S/C16H21NO3/c1-17-14-4-2-13(10-12(14)3-5-15(17)18)16(19)11-6-8-20-9-7-11/h2,4,10-11,16,19H,3,5-9H2,1H3. The number of rotatable bonds is 2. The summed E-state index contributed by atoms with van der Waals surface area (Å²) in [6.07, 6.45) is 2.73. The van der Waals surface area contributed by atoms with E-state index in [1.54, 1.807) is 4.90 Å². The number of carbonyl (C=O) groups is 1. The van der Waals surface area contributed by atoms with Crippen molar-refractivity contribution in [2.24, 2.45) is 5.92 Å². The summed E-state index contributed by atoms with van der Waals surface area (Å²) in [4.78, 5) is 13.4. The van der Waals surface area contributed by atoms with E-state index in [1.165, 1.54) is 0 Å². The van der Waals surface area contributed by atoms with Gasteiger partial charge in [-0.1, -0.05) is 12.1 Å². The third kappa shape index (κ3) is 2.45. The molecule has 0 aromatic heterocycles. The lowest BCUT2D eigenvalue weighted by Gasteiger charge is -2.29. The van der Waals surface area contributed by atoms with Crippen LogP contribution in [-0.4, -0.2) is 31.3 Å². The highest BCUT2D eigenvalue weighted by Crippen LogP contribution is 2.34. The van der Waals surface area contributed by atoms with Gasteiger partial charge in [-0.15, -0.1) is 0 Å². The van der Waals surface area contributed by atoms with Gasteiger partial charge in [-0.25, -0.2) is 0 Å². The number of aryl methyl sites for hydroxylation is 1. The summed E-state index contributed by atoms with van der Waals surface area (Å²) in [5.41, 5.74) is 3.11. The second-order valence-corrected chi connectivity index (χ2v) is 5.74. The summed E-state index contributed by atoms with van der Waals surface area (Å²) in [5.74, 6) is 0.444. The Labute approximate surface area is 119 Å². The van der Waals surface area contributed by atoms with Crippen molar-refractivity contribution in [1.82, 2.24) is 0 Å². The Morgan fingerprint density at radius 1 is 1.30 bits per heavy atom. The van der Waals surface area contributed by atoms with Gasteiger partial charge in [-0.3, -0.25) is 4.79 Å². The average molecular weight is 275 g/mol. The molecule has 0 aliphatic carbocycles. The molecular formula is C16H21NO3. The van der Waals surface area contributed by atoms with Crippen LogP contribution < -0.4 is 4.90 Å². The fourth-order valence-corrected chi connectivity index (χ4v) is 3.16. The van der Waals surface area contributed by atoms with Gasteiger partial charge in [0.05, 0.1) is 6.10 Å². The third-order valence-electron chi connectivity index (χ3n) is 4.50. The number of aliphatic hydroxyl groups is 1. The van der Waals surface area contributed by atoms with Crippen LogP contribution in [0.5, 0.6) is 0 Å². The van der Waals surface area contributed by atoms with Gasteiger partial charge in [0.15, 0.2) is 0 Å². The molecule has 1 saturated heterocycles. The van der Waals surface area contributed by atoms with Crippen LogP contribution in [-0.2, 0) is 16.0 Å². The molecule has 4 nitrogen and oxygen atoms in total. The maximum atomic E-state index is 11.7. The minimum Gasteiger partial charge on any atom is -0.388 e. The van der Waals surface area contributed by atoms with E-state index in [9.17, 15) is 9.90 Å². The number of anilines is 1. The summed E-state index contributed by atoms with van der Waals surface area (Å²) in [7, 11) is 1.81. The van der Waals surface area contributed by atoms with E-state index in [0.717, 1.165) is 49.3 Å². The first-order valence-corrected chi connectivity index (χ1v) is 7.32.